The third-order valence-electron chi connectivity index (χ3n) is 12.0. The van der Waals surface area contributed by atoms with Gasteiger partial charge in [-0.1, -0.05) is 62.9 Å². The van der Waals surface area contributed by atoms with E-state index in [4.69, 9.17) is 27.9 Å². The molecule has 4 aliphatic rings. The van der Waals surface area contributed by atoms with Gasteiger partial charge in [-0.05, 0) is 72.9 Å². The number of methoxy groups -OCH3 is 1. The van der Waals surface area contributed by atoms with Crippen LogP contribution in [0.15, 0.2) is 83.0 Å². The molecule has 22 heteroatoms. The number of amides is 4. The molecule has 3 fully saturated rings. The second kappa shape index (κ2) is 15.1. The highest BCUT2D eigenvalue weighted by molar-refractivity contribution is 9.10. The molecule has 2 aliphatic heterocycles. The molecule has 8 rings (SSSR count). The zero-order valence-electron chi connectivity index (χ0n) is 31.6. The lowest BCUT2D eigenvalue weighted by Gasteiger charge is -2.50. The van der Waals surface area contributed by atoms with E-state index >= 15 is 4.79 Å². The zero-order chi connectivity index (χ0) is 45.9. The minimum atomic E-state index is -5.33. The molecule has 2 N–H and O–H groups in total. The maximum absolute atomic E-state index is 15.4. The van der Waals surface area contributed by atoms with E-state index in [1.807, 2.05) is 0 Å². The SMILES string of the molecule is COc1cc(Br)cc([C@H]2C3=CC[C@@H]4C(=O)N(c5cc(C(F)(F)F)cc(C(F)(F)F)c5)C(=O)[C@@H]4[C@@H]3C[C@H]3C(=O)N(Nc4ncc(C(F)(F)F)cc4Cl)C(=O)[C@@]23c2ccc(Cl)cc2)c1O. The first-order chi connectivity index (χ1) is 29.4. The fourth-order valence-electron chi connectivity index (χ4n) is 9.42. The first-order valence-corrected chi connectivity index (χ1v) is 20.0. The molecule has 1 aromatic heterocycles. The summed E-state index contributed by atoms with van der Waals surface area (Å²) in [4.78, 5) is 63.0. The summed E-state index contributed by atoms with van der Waals surface area (Å²) in [6.07, 6.45) is -14.4. The minimum absolute atomic E-state index is 0.0643. The van der Waals surface area contributed by atoms with Crippen molar-refractivity contribution in [3.63, 3.8) is 0 Å². The molecule has 2 aliphatic carbocycles. The number of aromatic nitrogens is 1. The van der Waals surface area contributed by atoms with Gasteiger partial charge in [0.2, 0.25) is 11.8 Å². The Kier molecular flexibility index (Phi) is 10.6. The molecule has 0 spiro atoms. The molecule has 6 atom stereocenters. The van der Waals surface area contributed by atoms with Crippen molar-refractivity contribution in [2.45, 2.75) is 42.7 Å². The average Bonchev–Trinajstić information content (AvgIpc) is 3.58. The summed E-state index contributed by atoms with van der Waals surface area (Å²) < 4.78 is 130. The second-order valence-corrected chi connectivity index (χ2v) is 17.0. The van der Waals surface area contributed by atoms with Crippen LogP contribution in [0.5, 0.6) is 11.5 Å². The van der Waals surface area contributed by atoms with Crippen LogP contribution in [-0.2, 0) is 43.1 Å². The lowest BCUT2D eigenvalue weighted by molar-refractivity contribution is -0.143. The number of nitrogens with zero attached hydrogens (tertiary/aromatic N) is 3. The van der Waals surface area contributed by atoms with E-state index in [0.29, 0.717) is 17.3 Å². The number of hydrazine groups is 1. The van der Waals surface area contributed by atoms with Gasteiger partial charge in [-0.15, -0.1) is 0 Å². The molecule has 4 amide bonds. The summed E-state index contributed by atoms with van der Waals surface area (Å²) in [5, 5.41) is 11.9. The number of fused-ring (bicyclic) bond motifs is 4. The van der Waals surface area contributed by atoms with Gasteiger partial charge >= 0.3 is 18.5 Å². The lowest BCUT2D eigenvalue weighted by Crippen LogP contribution is -2.53. The number of phenolic OH excluding ortho intramolecular Hbond substituents is 1. The number of pyridine rings is 1. The Morgan fingerprint density at radius 3 is 2.02 bits per heavy atom. The molecule has 0 radical (unpaired) electrons. The zero-order valence-corrected chi connectivity index (χ0v) is 34.7. The van der Waals surface area contributed by atoms with Crippen molar-refractivity contribution < 1.29 is 68.5 Å². The number of carbonyl (C=O) groups is 4. The Labute approximate surface area is 367 Å². The molecule has 10 nitrogen and oxygen atoms in total. The highest BCUT2D eigenvalue weighted by Crippen LogP contribution is 2.66. The van der Waals surface area contributed by atoms with Gasteiger partial charge in [0, 0.05) is 27.2 Å². The number of carbonyl (C=O) groups excluding carboxylic acids is 4. The molecule has 63 heavy (non-hydrogen) atoms. The maximum atomic E-state index is 15.4. The molecule has 0 unspecified atom stereocenters. The summed E-state index contributed by atoms with van der Waals surface area (Å²) >= 11 is 15.9. The van der Waals surface area contributed by atoms with E-state index in [2.05, 4.69) is 26.3 Å². The number of alkyl halides is 9. The molecule has 1 saturated carbocycles. The van der Waals surface area contributed by atoms with Gasteiger partial charge in [0.1, 0.15) is 0 Å². The highest BCUT2D eigenvalue weighted by Gasteiger charge is 2.71. The van der Waals surface area contributed by atoms with Gasteiger partial charge in [-0.2, -0.15) is 44.5 Å². The number of hydrogen-bond acceptors (Lipinski definition) is 8. The van der Waals surface area contributed by atoms with Crippen LogP contribution < -0.4 is 15.1 Å². The summed E-state index contributed by atoms with van der Waals surface area (Å²) in [5.41, 5.74) is -5.24. The standard InChI is InChI=1S/C41H26BrCl2F9N4O6/c1-63-29-13-20(42)12-26(32(29)58)31-23-6-7-24-30(36(61)56(34(24)59)22-9-17(39(45,46)47)8-18(10-22)40(48,49)50)25(23)14-27-35(60)57(37(62)38(27,31)16-2-4-21(43)5-3-16)55-33-28(44)11-19(15-54-33)41(51,52)53/h2-6,8-13,15,24-25,27,30-31,58H,7,14H2,1H3,(H,54,55)/t24-,25+,27-,30-,31+,38+/m0/s1. The number of ether oxygens (including phenoxy) is 1. The lowest BCUT2D eigenvalue weighted by atomic mass is 9.49. The van der Waals surface area contributed by atoms with Gasteiger partial charge in [0.15, 0.2) is 17.3 Å². The predicted octanol–water partition coefficient (Wildman–Crippen LogP) is 10.1. The summed E-state index contributed by atoms with van der Waals surface area (Å²) in [5.74, 6) is -12.8. The van der Waals surface area contributed by atoms with Crippen LogP contribution in [0.3, 0.4) is 0 Å². The molecule has 2 saturated heterocycles. The van der Waals surface area contributed by atoms with Crippen molar-refractivity contribution in [2.75, 3.05) is 17.4 Å². The topological polar surface area (TPSA) is 129 Å². The Morgan fingerprint density at radius 2 is 1.44 bits per heavy atom. The molecular formula is C41H26BrCl2F9N4O6. The van der Waals surface area contributed by atoms with E-state index in [-0.39, 0.29) is 61.5 Å². The van der Waals surface area contributed by atoms with Crippen LogP contribution in [-0.4, -0.2) is 45.8 Å². The Bertz CT molecular complexity index is 2630. The first kappa shape index (κ1) is 44.3. The van der Waals surface area contributed by atoms with Crippen molar-refractivity contribution in [3.8, 4) is 11.5 Å². The van der Waals surface area contributed by atoms with Crippen molar-refractivity contribution in [2.24, 2.45) is 23.7 Å². The van der Waals surface area contributed by atoms with Crippen LogP contribution >= 0.6 is 39.1 Å². The van der Waals surface area contributed by atoms with Crippen molar-refractivity contribution in [3.05, 3.63) is 121 Å². The molecule has 4 aromatic rings. The van der Waals surface area contributed by atoms with Crippen molar-refractivity contribution >= 4 is 74.3 Å². The second-order valence-electron chi connectivity index (χ2n) is 15.2. The van der Waals surface area contributed by atoms with E-state index < -0.39 is 123 Å². The first-order valence-electron chi connectivity index (χ1n) is 18.5. The normalized spacial score (nSPS) is 24.9. The molecule has 0 bridgehead atoms. The van der Waals surface area contributed by atoms with Crippen LogP contribution in [0.25, 0.3) is 0 Å². The number of benzene rings is 3. The van der Waals surface area contributed by atoms with E-state index in [1.165, 1.54) is 49.6 Å². The van der Waals surface area contributed by atoms with Crippen molar-refractivity contribution in [1.82, 2.24) is 9.99 Å². The molecule has 330 valence electrons. The van der Waals surface area contributed by atoms with Gasteiger partial charge in [-0.25, -0.2) is 9.88 Å². The Morgan fingerprint density at radius 1 is 0.825 bits per heavy atom. The third-order valence-corrected chi connectivity index (χ3v) is 13.0. The van der Waals surface area contributed by atoms with E-state index in [1.54, 1.807) is 0 Å². The monoisotopic (exact) mass is 990 g/mol. The number of nitrogens with one attached hydrogen (secondary N) is 1. The van der Waals surface area contributed by atoms with Crippen LogP contribution in [0, 0.1) is 23.7 Å². The number of allylic oxidation sites excluding steroid dienone is 2. The number of rotatable bonds is 6. The third kappa shape index (κ3) is 7.08. The number of aromatic hydroxyl groups is 1. The largest absolute Gasteiger partial charge is 0.504 e. The fraction of sp³-hybridized carbons (Fsp3) is 0.293. The Balaban J connectivity index is 1.33. The fourth-order valence-corrected chi connectivity index (χ4v) is 10.2. The maximum Gasteiger partial charge on any atom is 0.417 e. The van der Waals surface area contributed by atoms with Gasteiger partial charge < -0.3 is 9.84 Å². The smallest absolute Gasteiger partial charge is 0.417 e. The van der Waals surface area contributed by atoms with E-state index in [9.17, 15) is 59.0 Å². The van der Waals surface area contributed by atoms with Crippen LogP contribution in [0.4, 0.5) is 51.0 Å². The number of halogens is 12. The number of imide groups is 2. The van der Waals surface area contributed by atoms with Crippen LogP contribution in [0.2, 0.25) is 10.0 Å². The number of anilines is 2. The minimum Gasteiger partial charge on any atom is -0.504 e. The molecule has 3 heterocycles. The van der Waals surface area contributed by atoms with Gasteiger partial charge in [0.25, 0.3) is 11.8 Å². The summed E-state index contributed by atoms with van der Waals surface area (Å²) in [7, 11) is 1.23. The predicted molar refractivity (Wildman–Crippen MR) is 208 cm³/mol. The van der Waals surface area contributed by atoms with E-state index in [0.717, 1.165) is 0 Å². The van der Waals surface area contributed by atoms with Gasteiger partial charge in [0.05, 0.1) is 57.7 Å². The van der Waals surface area contributed by atoms with Crippen molar-refractivity contribution in [1.29, 1.82) is 0 Å². The van der Waals surface area contributed by atoms with Crippen LogP contribution in [0.1, 0.15) is 46.6 Å². The molecule has 3 aromatic carbocycles. The van der Waals surface area contributed by atoms with Gasteiger partial charge in [-0.3, -0.25) is 24.6 Å². The number of hydrogen-bond donors (Lipinski definition) is 2. The molecular weight excluding hydrogens is 966 g/mol. The Hall–Kier alpha value is -5.34. The summed E-state index contributed by atoms with van der Waals surface area (Å²) in [6.45, 7) is 0. The summed E-state index contributed by atoms with van der Waals surface area (Å²) in [6, 6.07) is 9.31. The number of phenols is 1. The average molecular weight is 992 g/mol. The highest BCUT2D eigenvalue weighted by atomic mass is 79.9. The quantitative estimate of drug-likeness (QED) is 0.111.